The number of esters is 1. The van der Waals surface area contributed by atoms with Gasteiger partial charge in [0.05, 0.1) is 13.2 Å². The predicted octanol–water partition coefficient (Wildman–Crippen LogP) is 3.70. The largest absolute Gasteiger partial charge is 0.482 e. The molecule has 152 valence electrons. The van der Waals surface area contributed by atoms with Crippen LogP contribution in [0.1, 0.15) is 50.0 Å². The maximum Gasteiger partial charge on any atom is 0.343 e. The molecule has 5 nitrogen and oxygen atoms in total. The number of rotatable bonds is 7. The van der Waals surface area contributed by atoms with E-state index in [0.29, 0.717) is 17.8 Å². The molecule has 0 radical (unpaired) electrons. The topological polar surface area (TPSA) is 56.8 Å². The summed E-state index contributed by atoms with van der Waals surface area (Å²) < 4.78 is 16.2. The Labute approximate surface area is 168 Å². The number of carbonyl (C=O) groups is 1. The summed E-state index contributed by atoms with van der Waals surface area (Å²) in [5.74, 6) is 1.69. The highest BCUT2D eigenvalue weighted by molar-refractivity contribution is 5.85. The molecule has 0 atom stereocenters. The summed E-state index contributed by atoms with van der Waals surface area (Å²) in [5.41, 5.74) is 1.35. The Hall–Kier alpha value is -1.30. The van der Waals surface area contributed by atoms with Crippen molar-refractivity contribution in [1.82, 2.24) is 5.32 Å². The average Bonchev–Trinajstić information content (AvgIpc) is 2.72. The summed E-state index contributed by atoms with van der Waals surface area (Å²) in [5, 5.41) is 3.41. The molecule has 1 aromatic rings. The van der Waals surface area contributed by atoms with Crippen LogP contribution in [0.2, 0.25) is 0 Å². The fourth-order valence-electron chi connectivity index (χ4n) is 3.92. The highest BCUT2D eigenvalue weighted by atomic mass is 35.5. The molecule has 0 amide bonds. The van der Waals surface area contributed by atoms with Crippen LogP contribution in [0, 0.1) is 5.92 Å². The van der Waals surface area contributed by atoms with Gasteiger partial charge in [-0.15, -0.1) is 12.4 Å². The van der Waals surface area contributed by atoms with E-state index in [-0.39, 0.29) is 25.0 Å². The summed E-state index contributed by atoms with van der Waals surface area (Å²) in [6.45, 7) is 3.17. The number of ether oxygens (including phenoxy) is 3. The van der Waals surface area contributed by atoms with Crippen LogP contribution in [0.15, 0.2) is 24.3 Å². The van der Waals surface area contributed by atoms with Gasteiger partial charge in [0.1, 0.15) is 5.75 Å². The van der Waals surface area contributed by atoms with E-state index in [0.717, 1.165) is 38.5 Å². The van der Waals surface area contributed by atoms with E-state index in [2.05, 4.69) is 22.2 Å². The smallest absolute Gasteiger partial charge is 0.343 e. The van der Waals surface area contributed by atoms with Crippen LogP contribution < -0.4 is 10.1 Å². The molecule has 0 aromatic heterocycles. The number of methoxy groups -OCH3 is 1. The van der Waals surface area contributed by atoms with Gasteiger partial charge in [-0.2, -0.15) is 0 Å². The van der Waals surface area contributed by atoms with Crippen molar-refractivity contribution in [3.05, 3.63) is 29.8 Å². The van der Waals surface area contributed by atoms with Gasteiger partial charge in [-0.05, 0) is 81.1 Å². The Morgan fingerprint density at radius 1 is 1.04 bits per heavy atom. The second-order valence-electron chi connectivity index (χ2n) is 7.43. The third-order valence-corrected chi connectivity index (χ3v) is 5.64. The molecule has 1 aliphatic carbocycles. The van der Waals surface area contributed by atoms with E-state index < -0.39 is 0 Å². The van der Waals surface area contributed by atoms with E-state index in [1.54, 1.807) is 0 Å². The molecule has 27 heavy (non-hydrogen) atoms. The van der Waals surface area contributed by atoms with Gasteiger partial charge in [-0.25, -0.2) is 4.79 Å². The zero-order valence-corrected chi connectivity index (χ0v) is 17.0. The molecule has 3 rings (SSSR count). The fraction of sp³-hybridized carbons (Fsp3) is 0.667. The van der Waals surface area contributed by atoms with Crippen LogP contribution in [0.5, 0.6) is 5.75 Å². The molecule has 1 aliphatic heterocycles. The van der Waals surface area contributed by atoms with Crippen LogP contribution >= 0.6 is 12.4 Å². The SMILES string of the molecule is COC(=O)COc1ccc(C2CCC(OCC3CCNCC3)CC2)cc1.Cl. The molecule has 0 bridgehead atoms. The third kappa shape index (κ3) is 6.98. The van der Waals surface area contributed by atoms with Crippen molar-refractivity contribution in [2.75, 3.05) is 33.4 Å². The number of hydrogen-bond donors (Lipinski definition) is 1. The summed E-state index contributed by atoms with van der Waals surface area (Å²) >= 11 is 0. The summed E-state index contributed by atoms with van der Waals surface area (Å²) in [6, 6.07) is 8.12. The molecule has 0 unspecified atom stereocenters. The number of benzene rings is 1. The van der Waals surface area contributed by atoms with E-state index >= 15 is 0 Å². The zero-order chi connectivity index (χ0) is 18.2. The number of carbonyl (C=O) groups excluding carboxylic acids is 1. The monoisotopic (exact) mass is 397 g/mol. The minimum absolute atomic E-state index is 0. The molecule has 2 fully saturated rings. The van der Waals surface area contributed by atoms with Crippen molar-refractivity contribution in [3.63, 3.8) is 0 Å². The highest BCUT2D eigenvalue weighted by Crippen LogP contribution is 2.35. The molecular formula is C21H32ClNO4. The minimum Gasteiger partial charge on any atom is -0.482 e. The average molecular weight is 398 g/mol. The standard InChI is InChI=1S/C21H31NO4.ClH/c1-24-21(23)15-26-20-8-4-18(5-9-20)17-2-6-19(7-3-17)25-14-16-10-12-22-13-11-16;/h4-5,8-9,16-17,19,22H,2-3,6-7,10-15H2,1H3;1H. The first kappa shape index (κ1) is 22.0. The van der Waals surface area contributed by atoms with Gasteiger partial charge in [0.15, 0.2) is 6.61 Å². The highest BCUT2D eigenvalue weighted by Gasteiger charge is 2.24. The first-order chi connectivity index (χ1) is 12.7. The van der Waals surface area contributed by atoms with Crippen LogP contribution in [0.3, 0.4) is 0 Å². The van der Waals surface area contributed by atoms with Gasteiger partial charge >= 0.3 is 5.97 Å². The van der Waals surface area contributed by atoms with Gasteiger partial charge in [-0.3, -0.25) is 0 Å². The predicted molar refractivity (Wildman–Crippen MR) is 108 cm³/mol. The van der Waals surface area contributed by atoms with Crippen molar-refractivity contribution in [2.24, 2.45) is 5.92 Å². The van der Waals surface area contributed by atoms with E-state index in [4.69, 9.17) is 9.47 Å². The Balaban J connectivity index is 0.00000261. The van der Waals surface area contributed by atoms with Crippen molar-refractivity contribution < 1.29 is 19.0 Å². The van der Waals surface area contributed by atoms with Gasteiger partial charge in [0.25, 0.3) is 0 Å². The molecule has 1 aromatic carbocycles. The molecular weight excluding hydrogens is 366 g/mol. The van der Waals surface area contributed by atoms with Crippen molar-refractivity contribution in [1.29, 1.82) is 0 Å². The van der Waals surface area contributed by atoms with Gasteiger partial charge in [0.2, 0.25) is 0 Å². The molecule has 1 saturated carbocycles. The molecule has 0 spiro atoms. The number of piperidine rings is 1. The van der Waals surface area contributed by atoms with Gasteiger partial charge < -0.3 is 19.5 Å². The molecule has 2 aliphatic rings. The van der Waals surface area contributed by atoms with E-state index in [1.807, 2.05) is 12.1 Å². The lowest BCUT2D eigenvalue weighted by Crippen LogP contribution is -2.31. The molecule has 6 heteroatoms. The second-order valence-corrected chi connectivity index (χ2v) is 7.43. The molecule has 1 N–H and O–H groups in total. The minimum atomic E-state index is -0.364. The summed E-state index contributed by atoms with van der Waals surface area (Å²) in [6.07, 6.45) is 7.59. The zero-order valence-electron chi connectivity index (χ0n) is 16.2. The third-order valence-electron chi connectivity index (χ3n) is 5.64. The maximum absolute atomic E-state index is 11.1. The number of nitrogens with one attached hydrogen (secondary N) is 1. The lowest BCUT2D eigenvalue weighted by atomic mass is 9.82. The van der Waals surface area contributed by atoms with Crippen molar-refractivity contribution >= 4 is 18.4 Å². The first-order valence-electron chi connectivity index (χ1n) is 9.86. The molecule has 1 saturated heterocycles. The molecule has 1 heterocycles. The normalized spacial score (nSPS) is 23.3. The van der Waals surface area contributed by atoms with Gasteiger partial charge in [0, 0.05) is 6.61 Å². The summed E-state index contributed by atoms with van der Waals surface area (Å²) in [7, 11) is 1.36. The van der Waals surface area contributed by atoms with Crippen LogP contribution in [-0.2, 0) is 14.3 Å². The maximum atomic E-state index is 11.1. The second kappa shape index (κ2) is 11.5. The van der Waals surface area contributed by atoms with Crippen molar-refractivity contribution in [3.8, 4) is 5.75 Å². The lowest BCUT2D eigenvalue weighted by Gasteiger charge is -2.31. The summed E-state index contributed by atoms with van der Waals surface area (Å²) in [4.78, 5) is 11.1. The first-order valence-corrected chi connectivity index (χ1v) is 9.86. The fourth-order valence-corrected chi connectivity index (χ4v) is 3.92. The Kier molecular flexibility index (Phi) is 9.39. The number of hydrogen-bond acceptors (Lipinski definition) is 5. The number of halogens is 1. The Morgan fingerprint density at radius 2 is 1.70 bits per heavy atom. The van der Waals surface area contributed by atoms with Crippen LogP contribution in [-0.4, -0.2) is 45.5 Å². The van der Waals surface area contributed by atoms with Crippen molar-refractivity contribution in [2.45, 2.75) is 50.5 Å². The lowest BCUT2D eigenvalue weighted by molar-refractivity contribution is -0.142. The van der Waals surface area contributed by atoms with Crippen LogP contribution in [0.4, 0.5) is 0 Å². The van der Waals surface area contributed by atoms with E-state index in [9.17, 15) is 4.79 Å². The Morgan fingerprint density at radius 3 is 2.33 bits per heavy atom. The van der Waals surface area contributed by atoms with E-state index in [1.165, 1.54) is 38.4 Å². The Bertz CT molecular complexity index is 552. The van der Waals surface area contributed by atoms with Crippen LogP contribution in [0.25, 0.3) is 0 Å². The van der Waals surface area contributed by atoms with Gasteiger partial charge in [-0.1, -0.05) is 12.1 Å². The quantitative estimate of drug-likeness (QED) is 0.711.